The highest BCUT2D eigenvalue weighted by Crippen LogP contribution is 2.35. The van der Waals surface area contributed by atoms with Crippen molar-refractivity contribution in [2.45, 2.75) is 75.5 Å². The minimum absolute atomic E-state index is 0.0490. The van der Waals surface area contributed by atoms with E-state index in [1.807, 2.05) is 42.5 Å². The Hall–Kier alpha value is -3.20. The molecule has 2 heterocycles. The number of hydrogen-bond donors (Lipinski definition) is 2. The zero-order chi connectivity index (χ0) is 27.5. The average Bonchev–Trinajstić information content (AvgIpc) is 3.44. The normalized spacial score (nSPS) is 20.9. The molecule has 0 radical (unpaired) electrons. The van der Waals surface area contributed by atoms with Crippen molar-refractivity contribution < 1.29 is 19.1 Å². The van der Waals surface area contributed by atoms with E-state index in [4.69, 9.17) is 19.5 Å². The minimum atomic E-state index is -0.350. The highest BCUT2D eigenvalue weighted by molar-refractivity contribution is 9.10. The first-order valence-corrected chi connectivity index (χ1v) is 14.5. The molecule has 2 amide bonds. The third kappa shape index (κ3) is 5.88. The quantitative estimate of drug-likeness (QED) is 0.500. The van der Waals surface area contributed by atoms with Gasteiger partial charge in [0, 0.05) is 11.1 Å². The van der Waals surface area contributed by atoms with Crippen LogP contribution in [0.3, 0.4) is 0 Å². The molecule has 2 aromatic carbocycles. The topological polar surface area (TPSA) is 101 Å². The molecule has 0 atom stereocenters. The molecule has 2 fully saturated rings. The lowest BCUT2D eigenvalue weighted by atomic mass is 9.90. The maximum absolute atomic E-state index is 12.2. The van der Waals surface area contributed by atoms with E-state index in [1.54, 1.807) is 14.2 Å². The third-order valence-corrected chi connectivity index (χ3v) is 8.54. The van der Waals surface area contributed by atoms with Crippen LogP contribution in [0, 0.1) is 0 Å². The fraction of sp³-hybridized carbons (Fsp3) is 0.467. The number of benzene rings is 2. The SMILES string of the molecule is COc1ccc(C2=NC3(CCCCC3)NC2=O)cc1.COc1ccc(C2=NC3(CCCCC3)NC2=O)cc1Br. The molecule has 2 aliphatic carbocycles. The molecule has 0 bridgehead atoms. The lowest BCUT2D eigenvalue weighted by Gasteiger charge is -2.30. The van der Waals surface area contributed by atoms with E-state index in [0.717, 1.165) is 78.5 Å². The monoisotopic (exact) mass is 594 g/mol. The summed E-state index contributed by atoms with van der Waals surface area (Å²) in [5.41, 5.74) is 2.11. The first-order valence-electron chi connectivity index (χ1n) is 13.7. The molecule has 206 valence electrons. The summed E-state index contributed by atoms with van der Waals surface area (Å²) in [5.74, 6) is 1.42. The van der Waals surface area contributed by atoms with Gasteiger partial charge in [-0.2, -0.15) is 0 Å². The Morgan fingerprint density at radius 3 is 1.64 bits per heavy atom. The second-order valence-electron chi connectivity index (χ2n) is 10.6. The molecule has 2 spiro atoms. The van der Waals surface area contributed by atoms with Crippen LogP contribution in [-0.2, 0) is 9.59 Å². The van der Waals surface area contributed by atoms with E-state index in [2.05, 4.69) is 26.6 Å². The summed E-state index contributed by atoms with van der Waals surface area (Å²) in [5, 5.41) is 6.15. The van der Waals surface area contributed by atoms with E-state index >= 15 is 0 Å². The summed E-state index contributed by atoms with van der Waals surface area (Å²) >= 11 is 3.45. The average molecular weight is 596 g/mol. The second kappa shape index (κ2) is 11.5. The van der Waals surface area contributed by atoms with Crippen LogP contribution in [0.5, 0.6) is 11.5 Å². The molecule has 6 rings (SSSR count). The Balaban J connectivity index is 0.000000158. The Kier molecular flexibility index (Phi) is 8.07. The van der Waals surface area contributed by atoms with E-state index in [0.29, 0.717) is 11.4 Å². The predicted molar refractivity (Wildman–Crippen MR) is 155 cm³/mol. The zero-order valence-corrected chi connectivity index (χ0v) is 24.1. The molecule has 2 N–H and O–H groups in total. The highest BCUT2D eigenvalue weighted by Gasteiger charge is 2.41. The van der Waals surface area contributed by atoms with Crippen LogP contribution in [0.25, 0.3) is 0 Å². The second-order valence-corrected chi connectivity index (χ2v) is 11.4. The van der Waals surface area contributed by atoms with Crippen molar-refractivity contribution in [2.75, 3.05) is 14.2 Å². The van der Waals surface area contributed by atoms with Crippen LogP contribution in [0.15, 0.2) is 56.9 Å². The molecule has 2 aliphatic heterocycles. The van der Waals surface area contributed by atoms with Gasteiger partial charge in [-0.1, -0.05) is 12.8 Å². The van der Waals surface area contributed by atoms with Gasteiger partial charge in [0.25, 0.3) is 11.8 Å². The van der Waals surface area contributed by atoms with Gasteiger partial charge in [0.15, 0.2) is 0 Å². The number of rotatable bonds is 4. The molecule has 39 heavy (non-hydrogen) atoms. The Morgan fingerprint density at radius 2 is 1.18 bits per heavy atom. The van der Waals surface area contributed by atoms with Crippen LogP contribution < -0.4 is 20.1 Å². The summed E-state index contributed by atoms with van der Waals surface area (Å²) < 4.78 is 11.2. The summed E-state index contributed by atoms with van der Waals surface area (Å²) in [6.45, 7) is 0. The van der Waals surface area contributed by atoms with Gasteiger partial charge in [0.1, 0.15) is 34.2 Å². The van der Waals surface area contributed by atoms with Gasteiger partial charge in [-0.05, 0) is 110 Å². The van der Waals surface area contributed by atoms with Gasteiger partial charge in [-0.3, -0.25) is 19.6 Å². The van der Waals surface area contributed by atoms with Crippen molar-refractivity contribution in [1.82, 2.24) is 10.6 Å². The molecule has 0 unspecified atom stereocenters. The molecule has 8 nitrogen and oxygen atoms in total. The lowest BCUT2D eigenvalue weighted by Crippen LogP contribution is -2.43. The molecule has 2 aromatic rings. The van der Waals surface area contributed by atoms with E-state index < -0.39 is 0 Å². The zero-order valence-electron chi connectivity index (χ0n) is 22.5. The van der Waals surface area contributed by atoms with E-state index in [1.165, 1.54) is 12.8 Å². The molecular formula is C30H35BrN4O4. The number of carbonyl (C=O) groups is 2. The Morgan fingerprint density at radius 1 is 0.692 bits per heavy atom. The molecule has 9 heteroatoms. The molecule has 2 saturated carbocycles. The van der Waals surface area contributed by atoms with Gasteiger partial charge in [-0.15, -0.1) is 0 Å². The summed E-state index contributed by atoms with van der Waals surface area (Å²) in [6.07, 6.45) is 10.8. The van der Waals surface area contributed by atoms with E-state index in [9.17, 15) is 9.59 Å². The number of aliphatic imine (C=N–C) groups is 2. The smallest absolute Gasteiger partial charge is 0.272 e. The number of methoxy groups -OCH3 is 2. The third-order valence-electron chi connectivity index (χ3n) is 7.92. The first kappa shape index (κ1) is 27.4. The molecule has 0 aromatic heterocycles. The Bertz CT molecular complexity index is 1290. The first-order chi connectivity index (χ1) is 18.9. The number of nitrogens with zero attached hydrogens (tertiary/aromatic N) is 2. The predicted octanol–water partition coefficient (Wildman–Crippen LogP) is 5.31. The van der Waals surface area contributed by atoms with Gasteiger partial charge >= 0.3 is 0 Å². The number of ether oxygens (including phenoxy) is 2. The van der Waals surface area contributed by atoms with Crippen molar-refractivity contribution >= 4 is 39.2 Å². The number of amides is 2. The van der Waals surface area contributed by atoms with Gasteiger partial charge < -0.3 is 20.1 Å². The van der Waals surface area contributed by atoms with Crippen molar-refractivity contribution in [2.24, 2.45) is 9.98 Å². The fourth-order valence-electron chi connectivity index (χ4n) is 5.83. The van der Waals surface area contributed by atoms with Gasteiger partial charge in [0.2, 0.25) is 0 Å². The number of hydrogen-bond acceptors (Lipinski definition) is 6. The van der Waals surface area contributed by atoms with Crippen molar-refractivity contribution in [3.63, 3.8) is 0 Å². The minimum Gasteiger partial charge on any atom is -0.497 e. The van der Waals surface area contributed by atoms with Gasteiger partial charge in [-0.25, -0.2) is 0 Å². The summed E-state index contributed by atoms with van der Waals surface area (Å²) in [6, 6.07) is 13.1. The van der Waals surface area contributed by atoms with Crippen LogP contribution in [0.2, 0.25) is 0 Å². The summed E-state index contributed by atoms with van der Waals surface area (Å²) in [4.78, 5) is 33.8. The van der Waals surface area contributed by atoms with E-state index in [-0.39, 0.29) is 23.1 Å². The largest absolute Gasteiger partial charge is 0.497 e. The maximum atomic E-state index is 12.2. The molecule has 0 saturated heterocycles. The van der Waals surface area contributed by atoms with Crippen molar-refractivity contribution in [3.8, 4) is 11.5 Å². The van der Waals surface area contributed by atoms with Crippen molar-refractivity contribution in [3.05, 3.63) is 58.1 Å². The van der Waals surface area contributed by atoms with Crippen LogP contribution in [-0.4, -0.2) is 48.8 Å². The van der Waals surface area contributed by atoms with Crippen LogP contribution in [0.4, 0.5) is 0 Å². The number of carbonyl (C=O) groups excluding carboxylic acids is 2. The van der Waals surface area contributed by atoms with Crippen LogP contribution in [0.1, 0.15) is 75.3 Å². The lowest BCUT2D eigenvalue weighted by molar-refractivity contribution is -0.116. The van der Waals surface area contributed by atoms with Gasteiger partial charge in [0.05, 0.1) is 18.7 Å². The summed E-state index contributed by atoms with van der Waals surface area (Å²) in [7, 11) is 3.25. The Labute approximate surface area is 237 Å². The molecule has 4 aliphatic rings. The fourth-order valence-corrected chi connectivity index (χ4v) is 6.37. The standard InChI is InChI=1S/C15H17BrN2O2.C15H18N2O2/c1-20-12-6-5-10(9-11(12)16)13-14(19)18-15(17-13)7-3-2-4-8-15;1-19-12-7-5-11(6-8-12)13-14(18)17-15(16-13)9-3-2-4-10-15/h5-6,9H,2-4,7-8H2,1H3,(H,18,19);5-8H,2-4,9-10H2,1H3,(H,17,18). The number of nitrogens with one attached hydrogen (secondary N) is 2. The molecular weight excluding hydrogens is 560 g/mol. The highest BCUT2D eigenvalue weighted by atomic mass is 79.9. The van der Waals surface area contributed by atoms with Crippen LogP contribution >= 0.6 is 15.9 Å². The van der Waals surface area contributed by atoms with Crippen molar-refractivity contribution in [1.29, 1.82) is 0 Å². The maximum Gasteiger partial charge on any atom is 0.272 e. The number of halogens is 1.